The van der Waals surface area contributed by atoms with Gasteiger partial charge in [-0.1, -0.05) is 29.4 Å². The number of oxime groups is 1. The van der Waals surface area contributed by atoms with Crippen LogP contribution in [0, 0.1) is 0 Å². The normalized spacial score (nSPS) is 11.8. The van der Waals surface area contributed by atoms with E-state index in [0.717, 1.165) is 16.6 Å². The second kappa shape index (κ2) is 5.41. The topological polar surface area (TPSA) is 54.7 Å². The zero-order chi connectivity index (χ0) is 12.1. The Morgan fingerprint density at radius 2 is 2.12 bits per heavy atom. The Balaban J connectivity index is 2.26. The van der Waals surface area contributed by atoms with Crippen molar-refractivity contribution in [1.82, 2.24) is 4.98 Å². The van der Waals surface area contributed by atoms with Crippen molar-refractivity contribution in [3.8, 4) is 0 Å². The first-order chi connectivity index (χ1) is 8.31. The van der Waals surface area contributed by atoms with Crippen LogP contribution in [0.15, 0.2) is 41.6 Å². The highest BCUT2D eigenvalue weighted by molar-refractivity contribution is 5.98. The fraction of sp³-hybridized carbons (Fsp3) is 0.231. The van der Waals surface area contributed by atoms with E-state index in [2.05, 4.69) is 10.1 Å². The number of rotatable bonds is 4. The molecule has 2 aromatic rings. The number of aliphatic hydroxyl groups is 1. The average molecular weight is 230 g/mol. The summed E-state index contributed by atoms with van der Waals surface area (Å²) in [6.45, 7) is 1.99. The maximum absolute atomic E-state index is 8.58. The largest absolute Gasteiger partial charge is 0.393 e. The number of pyridine rings is 1. The minimum absolute atomic E-state index is 0.0398. The van der Waals surface area contributed by atoms with E-state index in [0.29, 0.717) is 5.71 Å². The molecule has 0 aliphatic heterocycles. The summed E-state index contributed by atoms with van der Waals surface area (Å²) in [6, 6.07) is 11.8. The van der Waals surface area contributed by atoms with E-state index in [4.69, 9.17) is 9.94 Å². The molecule has 0 radical (unpaired) electrons. The Morgan fingerprint density at radius 3 is 2.94 bits per heavy atom. The van der Waals surface area contributed by atoms with E-state index < -0.39 is 0 Å². The molecule has 0 bridgehead atoms. The molecule has 4 nitrogen and oxygen atoms in total. The van der Waals surface area contributed by atoms with Crippen LogP contribution in [0.5, 0.6) is 0 Å². The molecule has 0 fully saturated rings. The lowest BCUT2D eigenvalue weighted by Crippen LogP contribution is -2.01. The predicted molar refractivity (Wildman–Crippen MR) is 67.0 cm³/mol. The van der Waals surface area contributed by atoms with Crippen LogP contribution in [0.3, 0.4) is 0 Å². The lowest BCUT2D eigenvalue weighted by Gasteiger charge is -2.02. The zero-order valence-electron chi connectivity index (χ0n) is 9.63. The summed E-state index contributed by atoms with van der Waals surface area (Å²) >= 11 is 0. The fourth-order valence-electron chi connectivity index (χ4n) is 1.50. The van der Waals surface area contributed by atoms with Gasteiger partial charge in [0.05, 0.1) is 17.8 Å². The molecule has 17 heavy (non-hydrogen) atoms. The molecule has 1 aromatic carbocycles. The molecule has 1 aromatic heterocycles. The van der Waals surface area contributed by atoms with Crippen molar-refractivity contribution in [2.24, 2.45) is 5.16 Å². The molecule has 0 amide bonds. The van der Waals surface area contributed by atoms with Crippen molar-refractivity contribution in [3.63, 3.8) is 0 Å². The summed E-state index contributed by atoms with van der Waals surface area (Å²) in [4.78, 5) is 9.39. The summed E-state index contributed by atoms with van der Waals surface area (Å²) in [6.07, 6.45) is 0. The van der Waals surface area contributed by atoms with E-state index in [1.54, 1.807) is 0 Å². The molecule has 4 heteroatoms. The number of para-hydroxylation sites is 1. The Hall–Kier alpha value is -1.94. The van der Waals surface area contributed by atoms with Crippen LogP contribution >= 0.6 is 0 Å². The van der Waals surface area contributed by atoms with Gasteiger partial charge in [-0.3, -0.25) is 0 Å². The van der Waals surface area contributed by atoms with Gasteiger partial charge in [-0.25, -0.2) is 4.98 Å². The van der Waals surface area contributed by atoms with Gasteiger partial charge in [-0.15, -0.1) is 0 Å². The molecule has 0 saturated heterocycles. The van der Waals surface area contributed by atoms with Gasteiger partial charge in [0.2, 0.25) is 0 Å². The van der Waals surface area contributed by atoms with E-state index in [1.807, 2.05) is 43.3 Å². The van der Waals surface area contributed by atoms with Crippen LogP contribution in [0.2, 0.25) is 0 Å². The van der Waals surface area contributed by atoms with E-state index in [1.165, 1.54) is 0 Å². The molecular weight excluding hydrogens is 216 g/mol. The second-order valence-electron chi connectivity index (χ2n) is 3.62. The third-order valence-corrected chi connectivity index (χ3v) is 2.35. The maximum Gasteiger partial charge on any atom is 0.140 e. The Kier molecular flexibility index (Phi) is 3.67. The quantitative estimate of drug-likeness (QED) is 0.496. The minimum atomic E-state index is -0.0398. The Labute approximate surface area is 99.5 Å². The lowest BCUT2D eigenvalue weighted by molar-refractivity contribution is 0.0986. The molecule has 0 spiro atoms. The highest BCUT2D eigenvalue weighted by Gasteiger charge is 2.01. The van der Waals surface area contributed by atoms with Crippen molar-refractivity contribution in [2.75, 3.05) is 13.2 Å². The minimum Gasteiger partial charge on any atom is -0.393 e. The molecule has 0 saturated carbocycles. The van der Waals surface area contributed by atoms with Crippen LogP contribution in [-0.4, -0.2) is 29.0 Å². The molecule has 1 N–H and O–H groups in total. The number of nitrogens with zero attached hydrogens (tertiary/aromatic N) is 2. The van der Waals surface area contributed by atoms with Crippen molar-refractivity contribution in [3.05, 3.63) is 42.1 Å². The SMILES string of the molecule is C/C(=N/OCCO)c1ccc2ccccc2n1. The van der Waals surface area contributed by atoms with Gasteiger partial charge in [0, 0.05) is 5.39 Å². The summed E-state index contributed by atoms with van der Waals surface area (Å²) < 4.78 is 0. The summed E-state index contributed by atoms with van der Waals surface area (Å²) in [5.74, 6) is 0. The summed E-state index contributed by atoms with van der Waals surface area (Å²) in [7, 11) is 0. The standard InChI is InChI=1S/C13H14N2O2/c1-10(15-17-9-8-16)12-7-6-11-4-2-3-5-13(11)14-12/h2-7,16H,8-9H2,1H3/b15-10-. The molecular formula is C13H14N2O2. The summed E-state index contributed by atoms with van der Waals surface area (Å²) in [5.41, 5.74) is 2.41. The van der Waals surface area contributed by atoms with Gasteiger partial charge in [0.15, 0.2) is 0 Å². The van der Waals surface area contributed by atoms with Gasteiger partial charge >= 0.3 is 0 Å². The van der Waals surface area contributed by atoms with Crippen LogP contribution in [0.25, 0.3) is 10.9 Å². The molecule has 0 atom stereocenters. The third-order valence-electron chi connectivity index (χ3n) is 2.35. The van der Waals surface area contributed by atoms with Crippen molar-refractivity contribution < 1.29 is 9.94 Å². The van der Waals surface area contributed by atoms with Crippen molar-refractivity contribution in [1.29, 1.82) is 0 Å². The van der Waals surface area contributed by atoms with Gasteiger partial charge in [0.1, 0.15) is 12.3 Å². The maximum atomic E-state index is 8.58. The third kappa shape index (κ3) is 2.79. The number of benzene rings is 1. The molecule has 0 unspecified atom stereocenters. The second-order valence-corrected chi connectivity index (χ2v) is 3.62. The molecule has 0 aliphatic carbocycles. The van der Waals surface area contributed by atoms with E-state index in [-0.39, 0.29) is 13.2 Å². The smallest absolute Gasteiger partial charge is 0.140 e. The summed E-state index contributed by atoms with van der Waals surface area (Å²) in [5, 5.41) is 13.6. The van der Waals surface area contributed by atoms with E-state index in [9.17, 15) is 0 Å². The predicted octanol–water partition coefficient (Wildman–Crippen LogP) is 1.97. The molecule has 1 heterocycles. The first-order valence-corrected chi connectivity index (χ1v) is 5.45. The fourth-order valence-corrected chi connectivity index (χ4v) is 1.50. The van der Waals surface area contributed by atoms with Gasteiger partial charge in [-0.2, -0.15) is 0 Å². The number of aliphatic hydroxyl groups excluding tert-OH is 1. The molecule has 2 rings (SSSR count). The first-order valence-electron chi connectivity index (χ1n) is 5.45. The van der Waals surface area contributed by atoms with Crippen LogP contribution < -0.4 is 0 Å². The Bertz CT molecular complexity index is 538. The van der Waals surface area contributed by atoms with Crippen LogP contribution in [-0.2, 0) is 4.84 Å². The number of hydrogen-bond acceptors (Lipinski definition) is 4. The van der Waals surface area contributed by atoms with Crippen molar-refractivity contribution in [2.45, 2.75) is 6.92 Å². The number of fused-ring (bicyclic) bond motifs is 1. The monoisotopic (exact) mass is 230 g/mol. The number of aromatic nitrogens is 1. The van der Waals surface area contributed by atoms with Gasteiger partial charge in [-0.05, 0) is 19.1 Å². The lowest BCUT2D eigenvalue weighted by atomic mass is 10.2. The van der Waals surface area contributed by atoms with E-state index >= 15 is 0 Å². The molecule has 0 aliphatic rings. The van der Waals surface area contributed by atoms with Crippen LogP contribution in [0.4, 0.5) is 0 Å². The van der Waals surface area contributed by atoms with Gasteiger partial charge < -0.3 is 9.94 Å². The zero-order valence-corrected chi connectivity index (χ0v) is 9.63. The first kappa shape index (κ1) is 11.5. The molecule has 88 valence electrons. The number of hydrogen-bond donors (Lipinski definition) is 1. The van der Waals surface area contributed by atoms with Crippen molar-refractivity contribution >= 4 is 16.6 Å². The highest BCUT2D eigenvalue weighted by atomic mass is 16.6. The Morgan fingerprint density at radius 1 is 1.29 bits per heavy atom. The van der Waals surface area contributed by atoms with Crippen LogP contribution in [0.1, 0.15) is 12.6 Å². The average Bonchev–Trinajstić information content (AvgIpc) is 2.38. The van der Waals surface area contributed by atoms with Gasteiger partial charge in [0.25, 0.3) is 0 Å². The highest BCUT2D eigenvalue weighted by Crippen LogP contribution is 2.12.